The molecule has 4 heteroatoms. The first-order chi connectivity index (χ1) is 0. The van der Waals surface area contributed by atoms with Gasteiger partial charge in [0.2, 0.25) is 0 Å². The fraction of sp³-hybridized carbons (Fsp3) is 0. The van der Waals surface area contributed by atoms with Gasteiger partial charge in [0.15, 0.2) is 0 Å². The largest absolute Gasteiger partial charge is 0 e. The molecule has 0 aromatic rings. The molecule has 0 amide bonds. The molecule has 0 aliphatic rings. The van der Waals surface area contributed by atoms with Crippen LogP contribution in [0.1, 0.15) is 0 Å². The normalized spacial score (nSPS) is 0. The van der Waals surface area contributed by atoms with E-state index in [-0.39, 0.29) is 73.3 Å². The van der Waals surface area contributed by atoms with Gasteiger partial charge in [0.1, 0.15) is 0 Å². The van der Waals surface area contributed by atoms with Crippen molar-refractivity contribution in [3.63, 3.8) is 0 Å². The zero-order valence-corrected chi connectivity index (χ0v) is 8.35. The van der Waals surface area contributed by atoms with Gasteiger partial charge in [0.25, 0.3) is 0 Å². The van der Waals surface area contributed by atoms with Crippen molar-refractivity contribution in [2.75, 3.05) is 0 Å². The fourth-order valence-corrected chi connectivity index (χ4v) is 0. The molecule has 0 saturated heterocycles. The summed E-state index contributed by atoms with van der Waals surface area (Å²) in [6, 6.07) is 0. The van der Waals surface area contributed by atoms with Crippen molar-refractivity contribution in [2.24, 2.45) is 0 Å². The quantitative estimate of drug-likeness (QED) is 0.465. The van der Waals surface area contributed by atoms with Gasteiger partial charge in [-0.05, 0) is 0 Å². The molecule has 0 rings (SSSR count). The third kappa shape index (κ3) is 8.87. The second kappa shape index (κ2) is 18.8. The summed E-state index contributed by atoms with van der Waals surface area (Å²) in [7, 11) is 0. The molecular weight excluding hydrogens is 406 g/mol. The maximum atomic E-state index is 0. The summed E-state index contributed by atoms with van der Waals surface area (Å²) < 4.78 is 0. The minimum atomic E-state index is 0. The van der Waals surface area contributed by atoms with Crippen LogP contribution in [-0.2, 0) is 44.8 Å². The van der Waals surface area contributed by atoms with Crippen LogP contribution in [-0.4, -0.2) is 28.6 Å². The van der Waals surface area contributed by atoms with Gasteiger partial charge in [-0.2, -0.15) is 0 Å². The van der Waals surface area contributed by atoms with Crippen molar-refractivity contribution in [2.45, 2.75) is 0 Å². The van der Waals surface area contributed by atoms with Crippen LogP contribution in [0.25, 0.3) is 0 Å². The van der Waals surface area contributed by atoms with E-state index in [1.165, 1.54) is 0 Å². The Morgan fingerprint density at radius 2 is 1.00 bits per heavy atom. The van der Waals surface area contributed by atoms with E-state index < -0.39 is 0 Å². The number of rotatable bonds is 0. The first kappa shape index (κ1) is 34.1. The van der Waals surface area contributed by atoms with E-state index in [1.807, 2.05) is 0 Å². The van der Waals surface area contributed by atoms with E-state index in [0.717, 1.165) is 0 Å². The zero-order chi connectivity index (χ0) is 0. The molecule has 0 aromatic heterocycles. The summed E-state index contributed by atoms with van der Waals surface area (Å²) in [6.45, 7) is 0. The molecule has 10 radical (unpaired) electrons. The Bertz CT molecular complexity index is 8.00. The Balaban J connectivity index is 0. The second-order valence-electron chi connectivity index (χ2n) is 0. The molecule has 30 valence electrons. The van der Waals surface area contributed by atoms with Crippen molar-refractivity contribution >= 4 is 28.6 Å². The van der Waals surface area contributed by atoms with Gasteiger partial charge in [-0.1, -0.05) is 0 Å². The van der Waals surface area contributed by atoms with Crippen molar-refractivity contribution in [1.82, 2.24) is 0 Å². The van der Waals surface area contributed by atoms with Crippen molar-refractivity contribution in [3.05, 3.63) is 0 Å². The molecule has 0 bridgehead atoms. The third-order valence-corrected chi connectivity index (χ3v) is 0. The van der Waals surface area contributed by atoms with Crippen LogP contribution in [0.4, 0.5) is 0 Å². The minimum absolute atomic E-state index is 0. The predicted molar refractivity (Wildman–Crippen MR) is 11.5 cm³/mol. The van der Waals surface area contributed by atoms with Crippen molar-refractivity contribution in [1.29, 1.82) is 0 Å². The summed E-state index contributed by atoms with van der Waals surface area (Å²) in [5.41, 5.74) is 0. The Hall–Kier alpha value is 2.24. The number of hydrogen-bond donors (Lipinski definition) is 0. The van der Waals surface area contributed by atoms with Crippen LogP contribution in [0, 0.1) is 0 Å². The zero-order valence-electron chi connectivity index (χ0n) is 1.60. The van der Waals surface area contributed by atoms with Gasteiger partial charge in [-0.15, -0.1) is 0 Å². The summed E-state index contributed by atoms with van der Waals surface area (Å²) in [5.74, 6) is 0. The van der Waals surface area contributed by atoms with E-state index in [2.05, 4.69) is 0 Å². The molecule has 0 aromatic carbocycles. The SMILES string of the molecule is [Ag].[Au].[Ge].[Si]. The molecule has 0 aliphatic carbocycles. The smallest absolute Gasteiger partial charge is 0 e. The van der Waals surface area contributed by atoms with Crippen LogP contribution >= 0.6 is 0 Å². The summed E-state index contributed by atoms with van der Waals surface area (Å²) in [6.07, 6.45) is 0. The van der Waals surface area contributed by atoms with Gasteiger partial charge >= 0.3 is 0 Å². The van der Waals surface area contributed by atoms with Gasteiger partial charge in [-0.25, -0.2) is 0 Å². The average Bonchev–Trinajstić information content (AvgIpc) is 0. The molecule has 0 unspecified atom stereocenters. The predicted octanol–water partition coefficient (Wildman–Crippen LogP) is -0.767. The molecule has 0 saturated carbocycles. The Morgan fingerprint density at radius 3 is 1.00 bits per heavy atom. The van der Waals surface area contributed by atoms with Crippen LogP contribution in [0.3, 0.4) is 0 Å². The Kier molecular flexibility index (Phi) is 160. The van der Waals surface area contributed by atoms with Gasteiger partial charge in [0.05, 0.1) is 0 Å². The van der Waals surface area contributed by atoms with E-state index in [0.29, 0.717) is 0 Å². The van der Waals surface area contributed by atoms with Crippen LogP contribution in [0.2, 0.25) is 0 Å². The maximum Gasteiger partial charge on any atom is 0 e. The van der Waals surface area contributed by atoms with Crippen LogP contribution < -0.4 is 0 Å². The molecule has 0 N–H and O–H groups in total. The van der Waals surface area contributed by atoms with Crippen molar-refractivity contribution in [3.8, 4) is 0 Å². The Labute approximate surface area is 72.5 Å². The summed E-state index contributed by atoms with van der Waals surface area (Å²) in [4.78, 5) is 0. The van der Waals surface area contributed by atoms with Crippen molar-refractivity contribution < 1.29 is 44.8 Å². The summed E-state index contributed by atoms with van der Waals surface area (Å²) >= 11 is 0. The van der Waals surface area contributed by atoms with Crippen LogP contribution in [0.15, 0.2) is 0 Å². The molecule has 0 fully saturated rings. The van der Waals surface area contributed by atoms with Gasteiger partial charge < -0.3 is 0 Å². The molecule has 0 aliphatic heterocycles. The van der Waals surface area contributed by atoms with E-state index in [1.54, 1.807) is 0 Å². The molecule has 0 atom stereocenters. The summed E-state index contributed by atoms with van der Waals surface area (Å²) in [5, 5.41) is 0. The topological polar surface area (TPSA) is 0 Å². The standard InChI is InChI=1S/Ag.Au.Ge.Si. The molecule has 4 heavy (non-hydrogen) atoms. The molecular formula is AgAuGeSi. The minimum Gasteiger partial charge on any atom is 0 e. The fourth-order valence-electron chi connectivity index (χ4n) is 0. The Morgan fingerprint density at radius 1 is 1.00 bits per heavy atom. The van der Waals surface area contributed by atoms with E-state index in [9.17, 15) is 0 Å². The third-order valence-electron chi connectivity index (χ3n) is 0. The second-order valence-corrected chi connectivity index (χ2v) is 0. The van der Waals surface area contributed by atoms with Crippen LogP contribution in [0.5, 0.6) is 0 Å². The monoisotopic (exact) mass is 406 g/mol. The molecule has 0 spiro atoms. The van der Waals surface area contributed by atoms with Gasteiger partial charge in [-0.3, -0.25) is 0 Å². The van der Waals surface area contributed by atoms with E-state index in [4.69, 9.17) is 0 Å². The number of hydrogen-bond acceptors (Lipinski definition) is 0. The first-order valence-electron chi connectivity index (χ1n) is 0. The maximum absolute atomic E-state index is 0. The average molecular weight is 406 g/mol. The van der Waals surface area contributed by atoms with E-state index >= 15 is 0 Å². The molecule has 0 heterocycles. The first-order valence-corrected chi connectivity index (χ1v) is 0. The van der Waals surface area contributed by atoms with Gasteiger partial charge in [0, 0.05) is 73.3 Å². The molecule has 0 nitrogen and oxygen atoms in total.